The molecule has 698 valence electrons. The highest BCUT2D eigenvalue weighted by molar-refractivity contribution is 8.00. The predicted octanol–water partition coefficient (Wildman–Crippen LogP) is 15.2. The number of ketones is 9. The molecule has 0 aromatic rings. The molecule has 14 aliphatic rings. The number of morpholine rings is 1. The van der Waals surface area contributed by atoms with Gasteiger partial charge in [-0.2, -0.15) is 23.5 Å². The van der Waals surface area contributed by atoms with E-state index in [4.69, 9.17) is 18.9 Å². The van der Waals surface area contributed by atoms with Crippen LogP contribution in [0.5, 0.6) is 0 Å². The van der Waals surface area contributed by atoms with Gasteiger partial charge in [0.1, 0.15) is 58.3 Å². The molecule has 9 heterocycles. The van der Waals surface area contributed by atoms with Crippen molar-refractivity contribution in [3.8, 4) is 0 Å². The molecule has 22 nitrogen and oxygen atoms in total. The van der Waals surface area contributed by atoms with Crippen LogP contribution in [0.4, 0.5) is 0 Å². The molecule has 5 aliphatic carbocycles. The monoisotopic (exact) mass is 1760 g/mol. The molecule has 0 aromatic carbocycles. The fourth-order valence-electron chi connectivity index (χ4n) is 21.4. The molecule has 0 amide bonds. The Morgan fingerprint density at radius 1 is 0.306 bits per heavy atom. The number of hydrogen-bond acceptors (Lipinski definition) is 25. The highest BCUT2D eigenvalue weighted by Crippen LogP contribution is 2.42. The summed E-state index contributed by atoms with van der Waals surface area (Å²) in [5, 5.41) is 0.840. The fourth-order valence-corrected chi connectivity index (χ4v) is 25.2. The Bertz CT molecular complexity index is 2740. The summed E-state index contributed by atoms with van der Waals surface area (Å²) in [4.78, 5) is 120. The van der Waals surface area contributed by atoms with Gasteiger partial charge in [0.05, 0.1) is 32.2 Å². The van der Waals surface area contributed by atoms with Crippen molar-refractivity contribution in [2.24, 2.45) is 11.8 Å². The van der Waals surface area contributed by atoms with E-state index in [2.05, 4.69) is 112 Å². The molecule has 19 unspecified atom stereocenters. The van der Waals surface area contributed by atoms with E-state index in [-0.39, 0.29) is 29.4 Å². The van der Waals surface area contributed by atoms with Crippen molar-refractivity contribution >= 4 is 87.3 Å². The molecule has 9 aliphatic heterocycles. The summed E-state index contributed by atoms with van der Waals surface area (Å²) in [6.07, 6.45) is 44.3. The number of thioether (sulfide) groups is 3. The van der Waals surface area contributed by atoms with E-state index >= 15 is 0 Å². The van der Waals surface area contributed by atoms with Gasteiger partial charge in [0.2, 0.25) is 0 Å². The Labute approximate surface area is 747 Å². The maximum Gasteiger partial charge on any atom is 0.133 e. The maximum atomic E-state index is 11.2. The number of likely N-dealkylation sites (tertiary alicyclic amines) is 2. The van der Waals surface area contributed by atoms with E-state index in [1.54, 1.807) is 62.3 Å². The average Bonchev–Trinajstić information content (AvgIpc) is 1.78. The molecule has 0 aromatic heterocycles. The van der Waals surface area contributed by atoms with Gasteiger partial charge in [-0.1, -0.05) is 64.2 Å². The van der Waals surface area contributed by atoms with Gasteiger partial charge in [-0.15, -0.1) is 11.8 Å². The van der Waals surface area contributed by atoms with Crippen molar-refractivity contribution in [3.05, 3.63) is 0 Å². The molecule has 121 heavy (non-hydrogen) atoms. The molecular weight excluding hydrogens is 1580 g/mol. The highest BCUT2D eigenvalue weighted by atomic mass is 32.2. The quantitative estimate of drug-likeness (QED) is 0.124. The van der Waals surface area contributed by atoms with E-state index in [9.17, 15) is 43.2 Å². The van der Waals surface area contributed by atoms with E-state index in [1.165, 1.54) is 184 Å². The number of nitrogens with zero attached hydrogens (tertiary/aromatic N) is 9. The van der Waals surface area contributed by atoms with Crippen LogP contribution in [-0.4, -0.2) is 337 Å². The molecule has 0 bridgehead atoms. The third-order valence-electron chi connectivity index (χ3n) is 28.6. The molecule has 25 heteroatoms. The van der Waals surface area contributed by atoms with Crippen LogP contribution in [-0.2, 0) is 62.1 Å². The number of likely N-dealkylation sites (N-methyl/N-ethyl adjacent to an activating group) is 3. The Morgan fingerprint density at radius 2 is 0.752 bits per heavy atom. The third-order valence-corrected chi connectivity index (χ3v) is 32.4. The first-order chi connectivity index (χ1) is 57.7. The zero-order chi connectivity index (χ0) is 88.7. The van der Waals surface area contributed by atoms with Gasteiger partial charge in [0.15, 0.2) is 0 Å². The Kier molecular flexibility index (Phi) is 51.7. The third kappa shape index (κ3) is 39.4. The fraction of sp³-hybridized carbons (Fsp3) is 0.906. The summed E-state index contributed by atoms with van der Waals surface area (Å²) in [7, 11) is 19.2. The first kappa shape index (κ1) is 107. The smallest absolute Gasteiger partial charge is 0.133 e. The van der Waals surface area contributed by atoms with Crippen LogP contribution in [0.2, 0.25) is 0 Å². The van der Waals surface area contributed by atoms with Gasteiger partial charge in [-0.05, 0) is 271 Å². The van der Waals surface area contributed by atoms with E-state index in [1.807, 2.05) is 30.6 Å². The number of Topliss-reactive ketones (excluding diaryl/α,β-unsaturated/α-hetero) is 9. The van der Waals surface area contributed by atoms with Crippen LogP contribution < -0.4 is 0 Å². The van der Waals surface area contributed by atoms with Gasteiger partial charge in [0, 0.05) is 185 Å². The number of carbonyl (C=O) groups excluding carboxylic acids is 9. The number of carbonyl (C=O) groups is 9. The van der Waals surface area contributed by atoms with Crippen LogP contribution >= 0.6 is 35.3 Å². The van der Waals surface area contributed by atoms with Gasteiger partial charge < -0.3 is 28.7 Å². The van der Waals surface area contributed by atoms with Crippen LogP contribution in [0.3, 0.4) is 0 Å². The van der Waals surface area contributed by atoms with Gasteiger partial charge in [0.25, 0.3) is 0 Å². The lowest BCUT2D eigenvalue weighted by Crippen LogP contribution is -2.56. The molecule has 0 radical (unpaired) electrons. The van der Waals surface area contributed by atoms with E-state index < -0.39 is 0 Å². The van der Waals surface area contributed by atoms with Crippen molar-refractivity contribution in [1.29, 1.82) is 0 Å². The summed E-state index contributed by atoms with van der Waals surface area (Å²) in [6, 6.07) is 7.07. The zero-order valence-corrected chi connectivity index (χ0v) is 81.8. The van der Waals surface area contributed by atoms with Crippen molar-refractivity contribution in [3.63, 3.8) is 0 Å². The van der Waals surface area contributed by atoms with Crippen molar-refractivity contribution in [2.45, 2.75) is 409 Å². The lowest BCUT2D eigenvalue weighted by molar-refractivity contribution is -0.129. The first-order valence-electron chi connectivity index (χ1n) is 47.8. The van der Waals surface area contributed by atoms with Crippen molar-refractivity contribution in [1.82, 2.24) is 44.1 Å². The van der Waals surface area contributed by atoms with Crippen LogP contribution in [0, 0.1) is 11.8 Å². The molecule has 19 atom stereocenters. The molecule has 14 rings (SSSR count). The molecule has 14 fully saturated rings. The molecule has 9 saturated heterocycles. The van der Waals surface area contributed by atoms with Crippen molar-refractivity contribution < 1.29 is 62.1 Å². The number of fused-ring (bicyclic) bond motifs is 5. The Morgan fingerprint density at radius 3 is 1.35 bits per heavy atom. The molecule has 0 spiro atoms. The lowest BCUT2D eigenvalue weighted by Gasteiger charge is -2.46. The number of ether oxygens (including phenoxy) is 4. The molecule has 0 N–H and O–H groups in total. The Balaban J connectivity index is 0.000000211. The largest absolute Gasteiger partial charge is 0.380 e. The van der Waals surface area contributed by atoms with Crippen LogP contribution in [0.25, 0.3) is 0 Å². The SMILES string of the molecule is CC(=O)CC1CC2CCCCC2N1C.CC(=O)CC1CCC2CCCCC2N1C.CC(=O)CC1CCCOCN1C.CC(=O)CC1CCCSCN1C.CC(=O)CC1CCOCCN1C.CC(=O)CC1CCSCCN1C.CC(=O)CC1COC2CCCCC2N1C.CC(=O)CC1CSC2CCCCC2N1C.CC(=O)CC1OC2CCCCC2N1C. The standard InChI is InChI=1S/C13H23NO.C12H21NO2.C12H21NOS.C12H21NO.C11H19NO2.2C9H17NO2.2C9H17NOS/c1-10(15)9-12-8-7-11-5-3-4-6-13(11)14(12)2;2*1-9(14)7-10-8-15-12-6-4-3-5-11(12)13(10)2;1-9(14)7-11-8-10-5-3-4-6-12(10)13(11)2;1-8(13)7-11-12(2)9-5-3-4-6-10(9)14-11;1-8(11)7-9-3-5-12-6-4-10(9)2;1-8(11)6-9-4-3-5-12-7-10(9)2;1-8(11)7-9-3-5-12-6-4-10(9)2;1-8(11)6-9-4-3-5-12-7-10(9)2/h11-13H,3-9H2,1-2H3;2*10-12H,3-8H2,1-2H3;10-12H,3-8H2,1-2H3;9-11H,3-7H2,1-2H3;4*9H,3-7H2,1-2H3. The summed E-state index contributed by atoms with van der Waals surface area (Å²) in [5.74, 6) is 10.4. The maximum absolute atomic E-state index is 11.2. The second-order valence-electron chi connectivity index (χ2n) is 38.8. The minimum absolute atomic E-state index is 0.0422. The normalized spacial score (nSPS) is 33.3. The summed E-state index contributed by atoms with van der Waals surface area (Å²) < 4.78 is 22.4. The lowest BCUT2D eigenvalue weighted by atomic mass is 9.76. The highest BCUT2D eigenvalue weighted by Gasteiger charge is 2.44. The predicted molar refractivity (Wildman–Crippen MR) is 498 cm³/mol. The van der Waals surface area contributed by atoms with Crippen LogP contribution in [0.15, 0.2) is 0 Å². The van der Waals surface area contributed by atoms with Crippen molar-refractivity contribution in [2.75, 3.05) is 139 Å². The summed E-state index contributed by atoms with van der Waals surface area (Å²) >= 11 is 6.07. The average molecular weight is 1760 g/mol. The molecule has 5 saturated carbocycles. The van der Waals surface area contributed by atoms with E-state index in [0.717, 1.165) is 138 Å². The Hall–Kier alpha value is -2.44. The van der Waals surface area contributed by atoms with Crippen LogP contribution in [0.1, 0.15) is 306 Å². The minimum atomic E-state index is 0.0422. The van der Waals surface area contributed by atoms with E-state index in [0.29, 0.717) is 134 Å². The molecular formula is C96H173N9O13S3. The first-order valence-corrected chi connectivity index (χ1v) is 51.1. The van der Waals surface area contributed by atoms with Gasteiger partial charge in [-0.3, -0.25) is 77.5 Å². The topological polar surface area (TPSA) is 220 Å². The summed E-state index contributed by atoms with van der Waals surface area (Å²) in [6.45, 7) is 21.0. The van der Waals surface area contributed by atoms with Gasteiger partial charge in [-0.25, -0.2) is 0 Å². The minimum Gasteiger partial charge on any atom is -0.380 e. The summed E-state index contributed by atoms with van der Waals surface area (Å²) in [5.41, 5.74) is 0. The second-order valence-corrected chi connectivity index (χ2v) is 42.4. The van der Waals surface area contributed by atoms with Gasteiger partial charge >= 0.3 is 0 Å². The zero-order valence-electron chi connectivity index (χ0n) is 79.4. The second kappa shape index (κ2) is 58.3. The number of piperidine rings is 1. The number of hydrogen-bond donors (Lipinski definition) is 0. The number of rotatable bonds is 18.